The zero-order chi connectivity index (χ0) is 13.1. The minimum absolute atomic E-state index is 0.160. The highest BCUT2D eigenvalue weighted by Gasteiger charge is 2.22. The SMILES string of the molecule is CNC(C1=COCCC1)c1ccc(F)c(F)c1Br. The highest BCUT2D eigenvalue weighted by atomic mass is 79.9. The second-order valence-corrected chi connectivity index (χ2v) is 4.95. The number of rotatable bonds is 3. The molecule has 0 saturated heterocycles. The number of hydrogen-bond donors (Lipinski definition) is 1. The van der Waals surface area contributed by atoms with Gasteiger partial charge in [-0.2, -0.15) is 0 Å². The van der Waals surface area contributed by atoms with Crippen LogP contribution in [0.4, 0.5) is 8.78 Å². The van der Waals surface area contributed by atoms with Crippen molar-refractivity contribution in [2.75, 3.05) is 13.7 Å². The first-order valence-electron chi connectivity index (χ1n) is 5.76. The van der Waals surface area contributed by atoms with E-state index >= 15 is 0 Å². The predicted octanol–water partition coefficient (Wildman–Crippen LogP) is 3.68. The van der Waals surface area contributed by atoms with E-state index in [9.17, 15) is 8.78 Å². The third kappa shape index (κ3) is 2.57. The van der Waals surface area contributed by atoms with Gasteiger partial charge in [-0.25, -0.2) is 8.78 Å². The first kappa shape index (κ1) is 13.5. The standard InChI is InChI=1S/C13H14BrF2NO/c1-17-13(8-3-2-6-18-7-8)9-4-5-10(15)12(16)11(9)14/h4-5,7,13,17H,2-3,6H2,1H3. The Morgan fingerprint density at radius 2 is 2.17 bits per heavy atom. The van der Waals surface area contributed by atoms with Crippen molar-refractivity contribution in [2.45, 2.75) is 18.9 Å². The van der Waals surface area contributed by atoms with Gasteiger partial charge < -0.3 is 10.1 Å². The fourth-order valence-corrected chi connectivity index (χ4v) is 2.65. The molecule has 0 amide bonds. The number of nitrogens with one attached hydrogen (secondary N) is 1. The molecule has 0 radical (unpaired) electrons. The van der Waals surface area contributed by atoms with Crippen LogP contribution < -0.4 is 5.32 Å². The van der Waals surface area contributed by atoms with Crippen LogP contribution in [0.2, 0.25) is 0 Å². The fraction of sp³-hybridized carbons (Fsp3) is 0.385. The topological polar surface area (TPSA) is 21.3 Å². The average molecular weight is 318 g/mol. The summed E-state index contributed by atoms with van der Waals surface area (Å²) < 4.78 is 32.1. The molecule has 1 N–H and O–H groups in total. The van der Waals surface area contributed by atoms with Crippen LogP contribution in [-0.4, -0.2) is 13.7 Å². The lowest BCUT2D eigenvalue weighted by atomic mass is 9.95. The summed E-state index contributed by atoms with van der Waals surface area (Å²) >= 11 is 3.12. The molecule has 0 aliphatic carbocycles. The molecule has 0 fully saturated rings. The van der Waals surface area contributed by atoms with Crippen molar-refractivity contribution in [2.24, 2.45) is 0 Å². The van der Waals surface area contributed by atoms with Crippen molar-refractivity contribution in [1.29, 1.82) is 0 Å². The van der Waals surface area contributed by atoms with Gasteiger partial charge in [0.1, 0.15) is 0 Å². The van der Waals surface area contributed by atoms with Gasteiger partial charge in [-0.3, -0.25) is 0 Å². The van der Waals surface area contributed by atoms with Gasteiger partial charge in [0.15, 0.2) is 11.6 Å². The molecule has 0 saturated carbocycles. The van der Waals surface area contributed by atoms with Crippen molar-refractivity contribution < 1.29 is 13.5 Å². The number of benzene rings is 1. The van der Waals surface area contributed by atoms with Gasteiger partial charge in [-0.05, 0) is 53.0 Å². The van der Waals surface area contributed by atoms with Crippen molar-refractivity contribution >= 4 is 15.9 Å². The third-order valence-electron chi connectivity index (χ3n) is 3.00. The zero-order valence-electron chi connectivity index (χ0n) is 9.97. The Kier molecular flexibility index (Phi) is 4.35. The molecule has 0 aromatic heterocycles. The molecule has 1 atom stereocenters. The van der Waals surface area contributed by atoms with Gasteiger partial charge >= 0.3 is 0 Å². The van der Waals surface area contributed by atoms with Gasteiger partial charge in [0, 0.05) is 0 Å². The highest BCUT2D eigenvalue weighted by molar-refractivity contribution is 9.10. The minimum atomic E-state index is -0.856. The van der Waals surface area contributed by atoms with E-state index in [2.05, 4.69) is 21.2 Å². The summed E-state index contributed by atoms with van der Waals surface area (Å²) in [7, 11) is 1.79. The van der Waals surface area contributed by atoms with Gasteiger partial charge in [-0.1, -0.05) is 6.07 Å². The molecule has 98 valence electrons. The van der Waals surface area contributed by atoms with Crippen LogP contribution in [0.15, 0.2) is 28.4 Å². The van der Waals surface area contributed by atoms with Crippen LogP contribution in [0, 0.1) is 11.6 Å². The van der Waals surface area contributed by atoms with Gasteiger partial charge in [-0.15, -0.1) is 0 Å². The monoisotopic (exact) mass is 317 g/mol. The third-order valence-corrected chi connectivity index (χ3v) is 3.80. The van der Waals surface area contributed by atoms with Crippen molar-refractivity contribution in [1.82, 2.24) is 5.32 Å². The van der Waals surface area contributed by atoms with E-state index in [1.165, 1.54) is 0 Å². The maximum Gasteiger partial charge on any atom is 0.173 e. The molecule has 1 aliphatic heterocycles. The molecule has 0 bridgehead atoms. The first-order valence-corrected chi connectivity index (χ1v) is 6.55. The van der Waals surface area contributed by atoms with E-state index < -0.39 is 11.6 Å². The van der Waals surface area contributed by atoms with Gasteiger partial charge in [0.2, 0.25) is 0 Å². The summed E-state index contributed by atoms with van der Waals surface area (Å²) in [5, 5.41) is 3.11. The Morgan fingerprint density at radius 1 is 1.39 bits per heavy atom. The van der Waals surface area contributed by atoms with Gasteiger partial charge in [0.05, 0.1) is 23.4 Å². The average Bonchev–Trinajstić information content (AvgIpc) is 2.41. The maximum absolute atomic E-state index is 13.6. The molecule has 1 aromatic rings. The number of ether oxygens (including phenoxy) is 1. The lowest BCUT2D eigenvalue weighted by Gasteiger charge is -2.24. The molecule has 5 heteroatoms. The Hall–Kier alpha value is -0.940. The Labute approximate surface area is 113 Å². The second-order valence-electron chi connectivity index (χ2n) is 4.15. The van der Waals surface area contributed by atoms with Crippen LogP contribution in [0.3, 0.4) is 0 Å². The Bertz CT molecular complexity index is 476. The minimum Gasteiger partial charge on any atom is -0.501 e. The van der Waals surface area contributed by atoms with E-state index in [0.29, 0.717) is 12.2 Å². The van der Waals surface area contributed by atoms with Crippen molar-refractivity contribution in [3.05, 3.63) is 45.6 Å². The van der Waals surface area contributed by atoms with Crippen LogP contribution >= 0.6 is 15.9 Å². The number of likely N-dealkylation sites (N-methyl/N-ethyl adjacent to an activating group) is 1. The summed E-state index contributed by atoms with van der Waals surface area (Å²) in [6.07, 6.45) is 3.53. The molecule has 2 rings (SSSR count). The lowest BCUT2D eigenvalue weighted by molar-refractivity contribution is 0.220. The molecular formula is C13H14BrF2NO. The van der Waals surface area contributed by atoms with Crippen LogP contribution in [0.25, 0.3) is 0 Å². The summed E-state index contributed by atoms with van der Waals surface area (Å²) in [5.41, 5.74) is 1.71. The lowest BCUT2D eigenvalue weighted by Crippen LogP contribution is -2.21. The quantitative estimate of drug-likeness (QED) is 0.859. The largest absolute Gasteiger partial charge is 0.501 e. The molecule has 0 spiro atoms. The summed E-state index contributed by atoms with van der Waals surface area (Å²) in [6.45, 7) is 0.707. The van der Waals surface area contributed by atoms with Crippen LogP contribution in [-0.2, 0) is 4.74 Å². The molecule has 2 nitrogen and oxygen atoms in total. The van der Waals surface area contributed by atoms with E-state index in [-0.39, 0.29) is 10.5 Å². The summed E-state index contributed by atoms with van der Waals surface area (Å²) in [5.74, 6) is -1.71. The van der Waals surface area contributed by atoms with Gasteiger partial charge in [0.25, 0.3) is 0 Å². The maximum atomic E-state index is 13.6. The van der Waals surface area contributed by atoms with E-state index in [1.54, 1.807) is 19.4 Å². The highest BCUT2D eigenvalue weighted by Crippen LogP contribution is 2.34. The second kappa shape index (κ2) is 5.80. The normalized spacial score (nSPS) is 17.0. The Morgan fingerprint density at radius 3 is 2.78 bits per heavy atom. The van der Waals surface area contributed by atoms with Crippen LogP contribution in [0.5, 0.6) is 0 Å². The Balaban J connectivity index is 2.39. The van der Waals surface area contributed by atoms with Crippen molar-refractivity contribution in [3.63, 3.8) is 0 Å². The molecule has 1 aromatic carbocycles. The number of hydrogen-bond acceptors (Lipinski definition) is 2. The predicted molar refractivity (Wildman–Crippen MR) is 69.1 cm³/mol. The zero-order valence-corrected chi connectivity index (χ0v) is 11.6. The van der Waals surface area contributed by atoms with E-state index in [1.807, 2.05) is 0 Å². The summed E-state index contributed by atoms with van der Waals surface area (Å²) in [6, 6.07) is 2.55. The molecule has 1 aliphatic rings. The van der Waals surface area contributed by atoms with E-state index in [0.717, 1.165) is 24.5 Å². The summed E-state index contributed by atoms with van der Waals surface area (Å²) in [4.78, 5) is 0. The van der Waals surface area contributed by atoms with Crippen LogP contribution in [0.1, 0.15) is 24.4 Å². The molecular weight excluding hydrogens is 304 g/mol. The molecule has 1 heterocycles. The fourth-order valence-electron chi connectivity index (χ4n) is 2.10. The smallest absolute Gasteiger partial charge is 0.173 e. The molecule has 1 unspecified atom stereocenters. The van der Waals surface area contributed by atoms with Crippen molar-refractivity contribution in [3.8, 4) is 0 Å². The number of halogens is 3. The van der Waals surface area contributed by atoms with E-state index in [4.69, 9.17) is 4.74 Å². The molecule has 18 heavy (non-hydrogen) atoms. The first-order chi connectivity index (χ1) is 8.65.